The predicted molar refractivity (Wildman–Crippen MR) is 111 cm³/mol. The minimum atomic E-state index is -0.531. The molecule has 2 N–H and O–H groups in total. The predicted octanol–water partition coefficient (Wildman–Crippen LogP) is 2.95. The van der Waals surface area contributed by atoms with Crippen LogP contribution in [0, 0.1) is 19.8 Å². The van der Waals surface area contributed by atoms with E-state index in [1.165, 1.54) is 38.3 Å². The molecule has 2 aliphatic rings. The lowest BCUT2D eigenvalue weighted by Gasteiger charge is -2.34. The van der Waals surface area contributed by atoms with Gasteiger partial charge in [-0.25, -0.2) is 9.50 Å². The fourth-order valence-corrected chi connectivity index (χ4v) is 5.33. The van der Waals surface area contributed by atoms with Crippen LogP contribution in [0.5, 0.6) is 0 Å². The molecule has 156 valence electrons. The first kappa shape index (κ1) is 19.9. The molecule has 0 bridgehead atoms. The number of primary amides is 1. The van der Waals surface area contributed by atoms with E-state index in [4.69, 9.17) is 5.73 Å². The van der Waals surface area contributed by atoms with Crippen LogP contribution in [0.3, 0.4) is 0 Å². The summed E-state index contributed by atoms with van der Waals surface area (Å²) >= 11 is 0. The van der Waals surface area contributed by atoms with E-state index in [0.717, 1.165) is 36.3 Å². The van der Waals surface area contributed by atoms with Gasteiger partial charge in [0.1, 0.15) is 5.56 Å². The summed E-state index contributed by atoms with van der Waals surface area (Å²) in [4.78, 5) is 31.4. The van der Waals surface area contributed by atoms with Crippen molar-refractivity contribution in [2.75, 3.05) is 6.54 Å². The van der Waals surface area contributed by atoms with Crippen LogP contribution in [0.15, 0.2) is 6.20 Å². The Hall–Kier alpha value is -2.44. The highest BCUT2D eigenvalue weighted by Gasteiger charge is 2.34. The van der Waals surface area contributed by atoms with E-state index in [1.54, 1.807) is 4.52 Å². The van der Waals surface area contributed by atoms with Gasteiger partial charge in [0, 0.05) is 30.4 Å². The van der Waals surface area contributed by atoms with E-state index >= 15 is 0 Å². The Kier molecular flexibility index (Phi) is 5.56. The summed E-state index contributed by atoms with van der Waals surface area (Å²) in [5, 5.41) is 4.28. The Labute approximate surface area is 171 Å². The Morgan fingerprint density at radius 1 is 1.14 bits per heavy atom. The number of rotatable bonds is 5. The summed E-state index contributed by atoms with van der Waals surface area (Å²) in [5.74, 6) is 0.417. The summed E-state index contributed by atoms with van der Waals surface area (Å²) in [5.41, 5.74) is 9.00. The average molecular weight is 398 g/mol. The van der Waals surface area contributed by atoms with Crippen LogP contribution in [0.1, 0.15) is 78.7 Å². The third-order valence-corrected chi connectivity index (χ3v) is 6.88. The quantitative estimate of drug-likeness (QED) is 0.839. The normalized spacial score (nSPS) is 20.5. The average Bonchev–Trinajstić information content (AvgIpc) is 3.35. The van der Waals surface area contributed by atoms with Gasteiger partial charge in [-0.05, 0) is 57.4 Å². The second-order valence-corrected chi connectivity index (χ2v) is 8.61. The standard InChI is InChI=1S/C22H31N5O2/c1-14-17(15(2)27-22(25-14)18(13-24-27)21(23)29)10-11-20(28)26-12-6-9-19(26)16-7-4-3-5-8-16/h13,16,19H,3-12H2,1-2H3,(H2,23,29)/t19-/m0/s1. The molecule has 0 spiro atoms. The maximum atomic E-state index is 13.1. The molecule has 4 rings (SSSR count). The molecule has 2 aromatic rings. The van der Waals surface area contributed by atoms with E-state index < -0.39 is 5.91 Å². The molecule has 1 aliphatic carbocycles. The molecule has 7 heteroatoms. The van der Waals surface area contributed by atoms with Gasteiger partial charge in [0.15, 0.2) is 5.65 Å². The maximum absolute atomic E-state index is 13.1. The van der Waals surface area contributed by atoms with Gasteiger partial charge < -0.3 is 10.6 Å². The molecule has 29 heavy (non-hydrogen) atoms. The van der Waals surface area contributed by atoms with Gasteiger partial charge in [-0.3, -0.25) is 9.59 Å². The van der Waals surface area contributed by atoms with Crippen LogP contribution in [-0.4, -0.2) is 43.9 Å². The molecule has 2 fully saturated rings. The molecule has 0 radical (unpaired) electrons. The second-order valence-electron chi connectivity index (χ2n) is 8.61. The lowest BCUT2D eigenvalue weighted by atomic mass is 9.83. The number of aromatic nitrogens is 3. The highest BCUT2D eigenvalue weighted by atomic mass is 16.2. The van der Waals surface area contributed by atoms with Crippen LogP contribution in [0.25, 0.3) is 5.65 Å². The van der Waals surface area contributed by atoms with Gasteiger partial charge in [0.05, 0.1) is 6.20 Å². The Morgan fingerprint density at radius 2 is 1.90 bits per heavy atom. The van der Waals surface area contributed by atoms with E-state index in [2.05, 4.69) is 15.0 Å². The van der Waals surface area contributed by atoms with Crippen LogP contribution < -0.4 is 5.73 Å². The Morgan fingerprint density at radius 3 is 2.62 bits per heavy atom. The summed E-state index contributed by atoms with van der Waals surface area (Å²) in [6.07, 6.45) is 11.4. The number of nitrogens with two attached hydrogens (primary N) is 1. The monoisotopic (exact) mass is 397 g/mol. The third kappa shape index (κ3) is 3.74. The van der Waals surface area contributed by atoms with E-state index in [9.17, 15) is 9.59 Å². The first-order chi connectivity index (χ1) is 14.0. The van der Waals surface area contributed by atoms with Crippen molar-refractivity contribution in [1.82, 2.24) is 19.5 Å². The van der Waals surface area contributed by atoms with Gasteiger partial charge in [-0.1, -0.05) is 19.3 Å². The molecular weight excluding hydrogens is 366 g/mol. The van der Waals surface area contributed by atoms with Crippen molar-refractivity contribution in [3.05, 3.63) is 28.7 Å². The molecule has 1 saturated heterocycles. The zero-order chi connectivity index (χ0) is 20.5. The smallest absolute Gasteiger partial charge is 0.254 e. The minimum absolute atomic E-state index is 0.260. The number of carbonyl (C=O) groups excluding carboxylic acids is 2. The molecule has 3 heterocycles. The van der Waals surface area contributed by atoms with Gasteiger partial charge in [0.25, 0.3) is 5.91 Å². The molecule has 2 amide bonds. The number of hydrogen-bond donors (Lipinski definition) is 1. The van der Waals surface area contributed by atoms with Crippen LogP contribution in [0.2, 0.25) is 0 Å². The molecule has 1 saturated carbocycles. The zero-order valence-electron chi connectivity index (χ0n) is 17.5. The molecule has 0 aromatic carbocycles. The molecule has 1 aliphatic heterocycles. The number of likely N-dealkylation sites (tertiary alicyclic amines) is 1. The molecule has 2 aromatic heterocycles. The number of fused-ring (bicyclic) bond motifs is 1. The lowest BCUT2D eigenvalue weighted by molar-refractivity contribution is -0.133. The van der Waals surface area contributed by atoms with E-state index in [0.29, 0.717) is 36.0 Å². The van der Waals surface area contributed by atoms with Crippen molar-refractivity contribution in [3.63, 3.8) is 0 Å². The lowest BCUT2D eigenvalue weighted by Crippen LogP contribution is -2.40. The number of hydrogen-bond acceptors (Lipinski definition) is 4. The van der Waals surface area contributed by atoms with Gasteiger partial charge in [-0.2, -0.15) is 5.10 Å². The summed E-state index contributed by atoms with van der Waals surface area (Å²) < 4.78 is 1.66. The Bertz CT molecular complexity index is 929. The van der Waals surface area contributed by atoms with Crippen molar-refractivity contribution in [3.8, 4) is 0 Å². The molecule has 0 unspecified atom stereocenters. The fourth-order valence-electron chi connectivity index (χ4n) is 5.33. The van der Waals surface area contributed by atoms with Crippen molar-refractivity contribution >= 4 is 17.5 Å². The SMILES string of the molecule is Cc1nc2c(C(N)=O)cnn2c(C)c1CCC(=O)N1CCC[C@H]1C1CCCCC1. The van der Waals surface area contributed by atoms with Gasteiger partial charge in [0.2, 0.25) is 5.91 Å². The van der Waals surface area contributed by atoms with Gasteiger partial charge >= 0.3 is 0 Å². The summed E-state index contributed by atoms with van der Waals surface area (Å²) in [6, 6.07) is 0.440. The topological polar surface area (TPSA) is 93.6 Å². The second kappa shape index (κ2) is 8.13. The maximum Gasteiger partial charge on any atom is 0.254 e. The number of aryl methyl sites for hydroxylation is 2. The fraction of sp³-hybridized carbons (Fsp3) is 0.636. The minimum Gasteiger partial charge on any atom is -0.365 e. The van der Waals surface area contributed by atoms with E-state index in [-0.39, 0.29) is 5.91 Å². The van der Waals surface area contributed by atoms with Crippen molar-refractivity contribution < 1.29 is 9.59 Å². The first-order valence-corrected chi connectivity index (χ1v) is 10.9. The molecular formula is C22H31N5O2. The van der Waals surface area contributed by atoms with Crippen LogP contribution in [0.4, 0.5) is 0 Å². The summed E-state index contributed by atoms with van der Waals surface area (Å²) in [7, 11) is 0. The Balaban J connectivity index is 1.49. The van der Waals surface area contributed by atoms with Crippen LogP contribution in [-0.2, 0) is 11.2 Å². The molecule has 7 nitrogen and oxygen atoms in total. The highest BCUT2D eigenvalue weighted by molar-refractivity contribution is 5.98. The van der Waals surface area contributed by atoms with Crippen molar-refractivity contribution in [1.29, 1.82) is 0 Å². The highest BCUT2D eigenvalue weighted by Crippen LogP contribution is 2.34. The van der Waals surface area contributed by atoms with Crippen molar-refractivity contribution in [2.24, 2.45) is 11.7 Å². The summed E-state index contributed by atoms with van der Waals surface area (Å²) in [6.45, 7) is 4.78. The van der Waals surface area contributed by atoms with Crippen molar-refractivity contribution in [2.45, 2.75) is 77.7 Å². The van der Waals surface area contributed by atoms with Crippen LogP contribution >= 0.6 is 0 Å². The number of amides is 2. The third-order valence-electron chi connectivity index (χ3n) is 6.88. The number of carbonyl (C=O) groups is 2. The molecule has 1 atom stereocenters. The van der Waals surface area contributed by atoms with Gasteiger partial charge in [-0.15, -0.1) is 0 Å². The zero-order valence-corrected chi connectivity index (χ0v) is 17.5. The largest absolute Gasteiger partial charge is 0.365 e. The van der Waals surface area contributed by atoms with E-state index in [1.807, 2.05) is 13.8 Å². The first-order valence-electron chi connectivity index (χ1n) is 10.9. The number of nitrogens with zero attached hydrogens (tertiary/aromatic N) is 4.